The minimum Gasteiger partial charge on any atom is -0.503 e. The normalized spacial score (nSPS) is 10.7. The van der Waals surface area contributed by atoms with Crippen molar-refractivity contribution in [1.29, 1.82) is 0 Å². The number of hydrogen-bond acceptors (Lipinski definition) is 5. The number of benzene rings is 2. The highest BCUT2D eigenvalue weighted by Crippen LogP contribution is 2.34. The summed E-state index contributed by atoms with van der Waals surface area (Å²) < 4.78 is 5.27. The van der Waals surface area contributed by atoms with E-state index in [4.69, 9.17) is 16.3 Å². The number of nitrogens with zero attached hydrogens (tertiary/aromatic N) is 1. The van der Waals surface area contributed by atoms with Crippen LogP contribution in [0, 0.1) is 13.8 Å². The molecular weight excluding hydrogens is 382 g/mol. The van der Waals surface area contributed by atoms with Crippen LogP contribution in [0.4, 0.5) is 5.69 Å². The number of aromatic hydroxyl groups is 1. The zero-order chi connectivity index (χ0) is 20.7. The Morgan fingerprint density at radius 3 is 2.61 bits per heavy atom. The van der Waals surface area contributed by atoms with E-state index in [0.717, 1.165) is 11.1 Å². The molecule has 148 valence electrons. The molecule has 0 aromatic heterocycles. The fourth-order valence-electron chi connectivity index (χ4n) is 2.32. The monoisotopic (exact) mass is 403 g/mol. The van der Waals surface area contributed by atoms with Crippen molar-refractivity contribution in [3.63, 3.8) is 0 Å². The third kappa shape index (κ3) is 5.99. The summed E-state index contributed by atoms with van der Waals surface area (Å²) in [5.74, 6) is -0.946. The van der Waals surface area contributed by atoms with Gasteiger partial charge in [0, 0.05) is 5.69 Å². The SMILES string of the molecule is CCOc1cc(/C=N/NC(=O)CC(=O)Nc2ccc(C)c(C)c2)cc(Cl)c1O. The summed E-state index contributed by atoms with van der Waals surface area (Å²) in [5, 5.41) is 16.4. The number of amides is 2. The first-order valence-electron chi connectivity index (χ1n) is 8.64. The molecule has 0 fully saturated rings. The molecule has 28 heavy (non-hydrogen) atoms. The molecule has 0 aliphatic rings. The molecule has 2 aromatic carbocycles. The van der Waals surface area contributed by atoms with E-state index in [9.17, 15) is 14.7 Å². The summed E-state index contributed by atoms with van der Waals surface area (Å²) in [6.45, 7) is 6.05. The Kier molecular flexibility index (Phi) is 7.40. The Hall–Kier alpha value is -3.06. The van der Waals surface area contributed by atoms with Crippen molar-refractivity contribution in [2.24, 2.45) is 5.10 Å². The second-order valence-corrected chi connectivity index (χ2v) is 6.51. The largest absolute Gasteiger partial charge is 0.503 e. The van der Waals surface area contributed by atoms with Crippen molar-refractivity contribution < 1.29 is 19.4 Å². The van der Waals surface area contributed by atoms with Gasteiger partial charge in [0.15, 0.2) is 11.5 Å². The molecule has 0 aliphatic heterocycles. The van der Waals surface area contributed by atoms with E-state index in [1.165, 1.54) is 18.3 Å². The number of hydrazone groups is 1. The Morgan fingerprint density at radius 1 is 1.18 bits per heavy atom. The smallest absolute Gasteiger partial charge is 0.249 e. The molecule has 2 aromatic rings. The highest BCUT2D eigenvalue weighted by atomic mass is 35.5. The number of phenolic OH excluding ortho intramolecular Hbond substituents is 1. The van der Waals surface area contributed by atoms with Crippen molar-refractivity contribution in [3.05, 3.63) is 52.0 Å². The first kappa shape index (κ1) is 21.2. The second kappa shape index (κ2) is 9.75. The van der Waals surface area contributed by atoms with Crippen molar-refractivity contribution >= 4 is 35.3 Å². The average molecular weight is 404 g/mol. The average Bonchev–Trinajstić information content (AvgIpc) is 2.62. The summed E-state index contributed by atoms with van der Waals surface area (Å²) in [6, 6.07) is 8.53. The van der Waals surface area contributed by atoms with E-state index in [1.807, 2.05) is 26.0 Å². The molecule has 2 rings (SSSR count). The lowest BCUT2D eigenvalue weighted by Crippen LogP contribution is -2.24. The molecule has 0 saturated carbocycles. The Morgan fingerprint density at radius 2 is 1.93 bits per heavy atom. The zero-order valence-electron chi connectivity index (χ0n) is 15.9. The van der Waals surface area contributed by atoms with Gasteiger partial charge in [-0.2, -0.15) is 5.10 Å². The van der Waals surface area contributed by atoms with Crippen LogP contribution < -0.4 is 15.5 Å². The molecule has 2 amide bonds. The van der Waals surface area contributed by atoms with E-state index in [-0.39, 0.29) is 22.9 Å². The van der Waals surface area contributed by atoms with Gasteiger partial charge < -0.3 is 15.2 Å². The molecular formula is C20H22ClN3O4. The van der Waals surface area contributed by atoms with E-state index in [0.29, 0.717) is 17.9 Å². The number of aryl methyl sites for hydroxylation is 2. The molecule has 0 atom stereocenters. The summed E-state index contributed by atoms with van der Waals surface area (Å²) in [6.07, 6.45) is 0.970. The predicted molar refractivity (Wildman–Crippen MR) is 109 cm³/mol. The maximum atomic E-state index is 12.0. The number of carbonyl (C=O) groups excluding carboxylic acids is 2. The van der Waals surface area contributed by atoms with Gasteiger partial charge in [0.1, 0.15) is 6.42 Å². The van der Waals surface area contributed by atoms with E-state index in [1.54, 1.807) is 13.0 Å². The predicted octanol–water partition coefficient (Wildman–Crippen LogP) is 3.54. The number of rotatable bonds is 7. The van der Waals surface area contributed by atoms with Crippen LogP contribution in [0.1, 0.15) is 30.0 Å². The minimum absolute atomic E-state index is 0.103. The van der Waals surface area contributed by atoms with Crippen molar-refractivity contribution in [1.82, 2.24) is 5.43 Å². The second-order valence-electron chi connectivity index (χ2n) is 6.10. The molecule has 3 N–H and O–H groups in total. The summed E-state index contributed by atoms with van der Waals surface area (Å²) in [5.41, 5.74) is 5.59. The van der Waals surface area contributed by atoms with Crippen LogP contribution in [0.3, 0.4) is 0 Å². The van der Waals surface area contributed by atoms with Crippen LogP contribution in [0.5, 0.6) is 11.5 Å². The van der Waals surface area contributed by atoms with Gasteiger partial charge in [-0.15, -0.1) is 0 Å². The fourth-order valence-corrected chi connectivity index (χ4v) is 2.54. The molecule has 7 nitrogen and oxygen atoms in total. The van der Waals surface area contributed by atoms with Gasteiger partial charge in [0.25, 0.3) is 0 Å². The van der Waals surface area contributed by atoms with Gasteiger partial charge >= 0.3 is 0 Å². The summed E-state index contributed by atoms with van der Waals surface area (Å²) in [4.78, 5) is 23.8. The van der Waals surface area contributed by atoms with Crippen molar-refractivity contribution in [2.75, 3.05) is 11.9 Å². The van der Waals surface area contributed by atoms with Gasteiger partial charge in [-0.1, -0.05) is 17.7 Å². The third-order valence-corrected chi connectivity index (χ3v) is 4.15. The number of nitrogens with one attached hydrogen (secondary N) is 2. The van der Waals surface area contributed by atoms with Crippen molar-refractivity contribution in [3.8, 4) is 11.5 Å². The maximum Gasteiger partial charge on any atom is 0.249 e. The van der Waals surface area contributed by atoms with Crippen LogP contribution in [0.25, 0.3) is 0 Å². The molecule has 0 heterocycles. The summed E-state index contributed by atoms with van der Waals surface area (Å²) >= 11 is 5.93. The lowest BCUT2D eigenvalue weighted by Gasteiger charge is -2.08. The van der Waals surface area contributed by atoms with Gasteiger partial charge in [-0.3, -0.25) is 9.59 Å². The van der Waals surface area contributed by atoms with Gasteiger partial charge in [0.05, 0.1) is 17.8 Å². The number of phenols is 1. The quantitative estimate of drug-likeness (QED) is 0.374. The maximum absolute atomic E-state index is 12.0. The molecule has 0 spiro atoms. The highest BCUT2D eigenvalue weighted by Gasteiger charge is 2.11. The van der Waals surface area contributed by atoms with Crippen molar-refractivity contribution in [2.45, 2.75) is 27.2 Å². The van der Waals surface area contributed by atoms with Gasteiger partial charge in [-0.05, 0) is 61.7 Å². The molecule has 0 saturated heterocycles. The van der Waals surface area contributed by atoms with Crippen LogP contribution in [0.2, 0.25) is 5.02 Å². The molecule has 8 heteroatoms. The van der Waals surface area contributed by atoms with Crippen LogP contribution in [-0.4, -0.2) is 29.7 Å². The van der Waals surface area contributed by atoms with E-state index >= 15 is 0 Å². The lowest BCUT2D eigenvalue weighted by molar-refractivity contribution is -0.126. The molecule has 0 radical (unpaired) electrons. The Bertz CT molecular complexity index is 913. The van der Waals surface area contributed by atoms with Gasteiger partial charge in [-0.25, -0.2) is 5.43 Å². The molecule has 0 bridgehead atoms. The standard InChI is InChI=1S/C20H22ClN3O4/c1-4-28-17-9-14(8-16(21)20(17)27)11-22-24-19(26)10-18(25)23-15-6-5-12(2)13(3)7-15/h5-9,11,27H,4,10H2,1-3H3,(H,23,25)(H,24,26)/b22-11+. The third-order valence-electron chi connectivity index (χ3n) is 3.87. The molecule has 0 aliphatic carbocycles. The van der Waals surface area contributed by atoms with Gasteiger partial charge in [0.2, 0.25) is 11.8 Å². The Balaban J connectivity index is 1.91. The first-order valence-corrected chi connectivity index (χ1v) is 9.02. The minimum atomic E-state index is -0.563. The number of ether oxygens (including phenoxy) is 1. The zero-order valence-corrected chi connectivity index (χ0v) is 16.6. The molecule has 0 unspecified atom stereocenters. The highest BCUT2D eigenvalue weighted by molar-refractivity contribution is 6.32. The number of hydrogen-bond donors (Lipinski definition) is 3. The topological polar surface area (TPSA) is 100 Å². The number of carbonyl (C=O) groups is 2. The number of halogens is 1. The summed E-state index contributed by atoms with van der Waals surface area (Å²) in [7, 11) is 0. The van der Waals surface area contributed by atoms with Crippen LogP contribution in [-0.2, 0) is 9.59 Å². The Labute approximate surface area is 168 Å². The first-order chi connectivity index (χ1) is 13.3. The number of anilines is 1. The van der Waals surface area contributed by atoms with E-state index in [2.05, 4.69) is 15.8 Å². The lowest BCUT2D eigenvalue weighted by atomic mass is 10.1. The van der Waals surface area contributed by atoms with E-state index < -0.39 is 11.8 Å². The van der Waals surface area contributed by atoms with Crippen LogP contribution in [0.15, 0.2) is 35.4 Å². The fraction of sp³-hybridized carbons (Fsp3) is 0.250. The van der Waals surface area contributed by atoms with Crippen LogP contribution >= 0.6 is 11.6 Å².